The van der Waals surface area contributed by atoms with Gasteiger partial charge in [-0.15, -0.1) is 0 Å². The molecule has 0 aromatic rings. The number of hydrogen-bond acceptors (Lipinski definition) is 3. The van der Waals surface area contributed by atoms with Crippen LogP contribution in [-0.4, -0.2) is 28.2 Å². The smallest absolute Gasteiger partial charge is 0.412 e. The highest BCUT2D eigenvalue weighted by atomic mass is 16.5. The summed E-state index contributed by atoms with van der Waals surface area (Å²) in [6, 6.07) is 0. The monoisotopic (exact) mass is 212 g/mol. The second-order valence-electron chi connectivity index (χ2n) is 4.30. The van der Waals surface area contributed by atoms with Crippen molar-refractivity contribution in [2.75, 3.05) is 6.61 Å². The van der Waals surface area contributed by atoms with Gasteiger partial charge >= 0.3 is 6.09 Å². The molecule has 3 N–H and O–H groups in total. The Kier molecular flexibility index (Phi) is 2.93. The molecule has 5 nitrogen and oxygen atoms in total. The summed E-state index contributed by atoms with van der Waals surface area (Å²) in [7, 11) is 0. The largest absolute Gasteiger partial charge is 0.495 e. The predicted octanol–water partition coefficient (Wildman–Crippen LogP) is 1.48. The molecule has 0 aliphatic carbocycles. The molecule has 1 rings (SSSR count). The Morgan fingerprint density at radius 2 is 2.20 bits per heavy atom. The molecule has 5 heteroatoms. The predicted molar refractivity (Wildman–Crippen MR) is 55.9 cm³/mol. The van der Waals surface area contributed by atoms with Gasteiger partial charge in [-0.25, -0.2) is 4.79 Å². The molecule has 84 valence electrons. The molecule has 1 aliphatic heterocycles. The standard InChI is InChI=1S/C10H16N2O3/c1-10(2,3)12(9(13)14)8-6-15-5-4-7(8)11/h4-5H,6,11H2,1-3H3,(H,13,14). The Hall–Kier alpha value is -1.65. The van der Waals surface area contributed by atoms with Crippen molar-refractivity contribution in [3.05, 3.63) is 23.7 Å². The second-order valence-corrected chi connectivity index (χ2v) is 4.30. The zero-order valence-corrected chi connectivity index (χ0v) is 9.15. The molecule has 0 saturated carbocycles. The van der Waals surface area contributed by atoms with E-state index in [0.717, 1.165) is 0 Å². The summed E-state index contributed by atoms with van der Waals surface area (Å²) in [4.78, 5) is 12.4. The number of carbonyl (C=O) groups is 1. The molecule has 0 radical (unpaired) electrons. The Morgan fingerprint density at radius 1 is 1.60 bits per heavy atom. The van der Waals surface area contributed by atoms with Crippen LogP contribution in [-0.2, 0) is 4.74 Å². The quantitative estimate of drug-likeness (QED) is 0.690. The summed E-state index contributed by atoms with van der Waals surface area (Å²) in [5.74, 6) is 0. The lowest BCUT2D eigenvalue weighted by atomic mass is 10.0. The highest BCUT2D eigenvalue weighted by Crippen LogP contribution is 2.23. The number of carboxylic acid groups (broad SMARTS) is 1. The zero-order valence-electron chi connectivity index (χ0n) is 9.15. The number of hydrogen-bond donors (Lipinski definition) is 2. The van der Waals surface area contributed by atoms with Gasteiger partial charge in [-0.1, -0.05) is 0 Å². The van der Waals surface area contributed by atoms with Gasteiger partial charge in [0.05, 0.1) is 17.7 Å². The minimum Gasteiger partial charge on any atom is -0.495 e. The minimum absolute atomic E-state index is 0.186. The molecular formula is C10H16N2O3. The van der Waals surface area contributed by atoms with Crippen molar-refractivity contribution in [3.63, 3.8) is 0 Å². The summed E-state index contributed by atoms with van der Waals surface area (Å²) in [5, 5.41) is 9.14. The van der Waals surface area contributed by atoms with Crippen molar-refractivity contribution in [2.45, 2.75) is 26.3 Å². The van der Waals surface area contributed by atoms with Crippen LogP contribution < -0.4 is 5.73 Å². The molecule has 1 heterocycles. The lowest BCUT2D eigenvalue weighted by molar-refractivity contribution is 0.107. The average molecular weight is 212 g/mol. The van der Waals surface area contributed by atoms with Gasteiger partial charge in [-0.3, -0.25) is 4.90 Å². The van der Waals surface area contributed by atoms with E-state index in [2.05, 4.69) is 0 Å². The third-order valence-corrected chi connectivity index (χ3v) is 2.03. The fraction of sp³-hybridized carbons (Fsp3) is 0.500. The zero-order chi connectivity index (χ0) is 11.6. The summed E-state index contributed by atoms with van der Waals surface area (Å²) >= 11 is 0. The number of amides is 1. The molecule has 0 saturated heterocycles. The van der Waals surface area contributed by atoms with Crippen molar-refractivity contribution in [3.8, 4) is 0 Å². The van der Waals surface area contributed by atoms with Gasteiger partial charge in [0, 0.05) is 5.54 Å². The van der Waals surface area contributed by atoms with Gasteiger partial charge < -0.3 is 15.6 Å². The number of allylic oxidation sites excluding steroid dienone is 1. The first kappa shape index (κ1) is 11.4. The third kappa shape index (κ3) is 2.43. The van der Waals surface area contributed by atoms with Crippen molar-refractivity contribution in [2.24, 2.45) is 5.73 Å². The van der Waals surface area contributed by atoms with Gasteiger partial charge in [0.25, 0.3) is 0 Å². The van der Waals surface area contributed by atoms with E-state index in [4.69, 9.17) is 15.6 Å². The molecule has 0 fully saturated rings. The first-order valence-electron chi connectivity index (χ1n) is 4.64. The van der Waals surface area contributed by atoms with Gasteiger partial charge in [0.1, 0.15) is 6.61 Å². The number of rotatable bonds is 1. The van der Waals surface area contributed by atoms with Crippen LogP contribution in [0.3, 0.4) is 0 Å². The molecule has 0 atom stereocenters. The van der Waals surface area contributed by atoms with E-state index in [-0.39, 0.29) is 6.61 Å². The van der Waals surface area contributed by atoms with Crippen LogP contribution >= 0.6 is 0 Å². The summed E-state index contributed by atoms with van der Waals surface area (Å²) < 4.78 is 5.06. The van der Waals surface area contributed by atoms with Gasteiger partial charge in [-0.05, 0) is 26.8 Å². The molecule has 1 aliphatic rings. The van der Waals surface area contributed by atoms with Crippen molar-refractivity contribution < 1.29 is 14.6 Å². The fourth-order valence-electron chi connectivity index (χ4n) is 1.43. The van der Waals surface area contributed by atoms with Crippen LogP contribution in [0.15, 0.2) is 23.7 Å². The minimum atomic E-state index is -1.03. The van der Waals surface area contributed by atoms with E-state index in [1.165, 1.54) is 11.2 Å². The molecule has 0 aromatic carbocycles. The van der Waals surface area contributed by atoms with Gasteiger partial charge in [0.2, 0.25) is 0 Å². The van der Waals surface area contributed by atoms with Crippen molar-refractivity contribution in [1.82, 2.24) is 4.90 Å². The van der Waals surface area contributed by atoms with Crippen LogP contribution in [0, 0.1) is 0 Å². The van der Waals surface area contributed by atoms with E-state index < -0.39 is 11.6 Å². The lowest BCUT2D eigenvalue weighted by Gasteiger charge is -2.35. The number of ether oxygens (including phenoxy) is 1. The van der Waals surface area contributed by atoms with Crippen molar-refractivity contribution >= 4 is 6.09 Å². The molecule has 0 bridgehead atoms. The van der Waals surface area contributed by atoms with Crippen LogP contribution in [0.1, 0.15) is 20.8 Å². The van der Waals surface area contributed by atoms with E-state index in [1.807, 2.05) is 0 Å². The van der Waals surface area contributed by atoms with E-state index in [1.54, 1.807) is 26.8 Å². The molecule has 0 aromatic heterocycles. The molecule has 1 amide bonds. The third-order valence-electron chi connectivity index (χ3n) is 2.03. The first-order chi connectivity index (χ1) is 6.84. The Bertz CT molecular complexity index is 326. The number of nitrogens with two attached hydrogens (primary N) is 1. The van der Waals surface area contributed by atoms with Gasteiger partial charge in [0.15, 0.2) is 0 Å². The lowest BCUT2D eigenvalue weighted by Crippen LogP contribution is -2.46. The highest BCUT2D eigenvalue weighted by Gasteiger charge is 2.31. The fourth-order valence-corrected chi connectivity index (χ4v) is 1.43. The SMILES string of the molecule is CC(C)(C)N(C(=O)O)C1=C(N)C=COC1. The first-order valence-corrected chi connectivity index (χ1v) is 4.64. The topological polar surface area (TPSA) is 75.8 Å². The summed E-state index contributed by atoms with van der Waals surface area (Å²) in [6.07, 6.45) is 1.99. The maximum atomic E-state index is 11.1. The van der Waals surface area contributed by atoms with E-state index in [0.29, 0.717) is 11.4 Å². The Labute approximate surface area is 88.8 Å². The van der Waals surface area contributed by atoms with Crippen LogP contribution in [0.5, 0.6) is 0 Å². The van der Waals surface area contributed by atoms with Gasteiger partial charge in [-0.2, -0.15) is 0 Å². The summed E-state index contributed by atoms with van der Waals surface area (Å²) in [5.41, 5.74) is 6.09. The van der Waals surface area contributed by atoms with E-state index >= 15 is 0 Å². The second kappa shape index (κ2) is 3.84. The maximum Gasteiger partial charge on any atom is 0.412 e. The normalized spacial score (nSPS) is 16.2. The van der Waals surface area contributed by atoms with E-state index in [9.17, 15) is 4.79 Å². The van der Waals surface area contributed by atoms with Crippen molar-refractivity contribution in [1.29, 1.82) is 0 Å². The van der Waals surface area contributed by atoms with Crippen LogP contribution in [0.4, 0.5) is 4.79 Å². The molecule has 0 unspecified atom stereocenters. The maximum absolute atomic E-state index is 11.1. The molecular weight excluding hydrogens is 196 g/mol. The Balaban J connectivity index is 3.10. The highest BCUT2D eigenvalue weighted by molar-refractivity contribution is 5.69. The van der Waals surface area contributed by atoms with Crippen LogP contribution in [0.25, 0.3) is 0 Å². The molecule has 15 heavy (non-hydrogen) atoms. The Morgan fingerprint density at radius 3 is 2.60 bits per heavy atom. The summed E-state index contributed by atoms with van der Waals surface area (Å²) in [6.45, 7) is 5.60. The average Bonchev–Trinajstić information content (AvgIpc) is 2.05. The number of nitrogens with zero attached hydrogens (tertiary/aromatic N) is 1. The molecule has 0 spiro atoms. The van der Waals surface area contributed by atoms with Crippen LogP contribution in [0.2, 0.25) is 0 Å².